The molecular formula is C12H13ClN4O. The van der Waals surface area contributed by atoms with Crippen LogP contribution in [0.15, 0.2) is 30.5 Å². The molecule has 0 aliphatic heterocycles. The van der Waals surface area contributed by atoms with Crippen molar-refractivity contribution in [1.29, 1.82) is 0 Å². The minimum atomic E-state index is -0.563. The molecule has 1 aromatic heterocycles. The van der Waals surface area contributed by atoms with Gasteiger partial charge in [0.1, 0.15) is 5.69 Å². The molecule has 0 aliphatic rings. The van der Waals surface area contributed by atoms with Gasteiger partial charge in [-0.1, -0.05) is 17.7 Å². The first kappa shape index (κ1) is 12.6. The van der Waals surface area contributed by atoms with Gasteiger partial charge in [-0.25, -0.2) is 4.68 Å². The van der Waals surface area contributed by atoms with Gasteiger partial charge in [0.25, 0.3) is 5.91 Å². The summed E-state index contributed by atoms with van der Waals surface area (Å²) in [5.74, 6) is -0.563. The number of carbonyl (C=O) groups is 1. The van der Waals surface area contributed by atoms with Crippen LogP contribution < -0.4 is 11.5 Å². The average molecular weight is 265 g/mol. The van der Waals surface area contributed by atoms with Gasteiger partial charge < -0.3 is 11.5 Å². The highest BCUT2D eigenvalue weighted by atomic mass is 35.5. The number of hydrogen-bond donors (Lipinski definition) is 2. The molecule has 1 amide bonds. The Morgan fingerprint density at radius 1 is 1.44 bits per heavy atom. The van der Waals surface area contributed by atoms with Gasteiger partial charge in [0.05, 0.1) is 5.69 Å². The van der Waals surface area contributed by atoms with Crippen molar-refractivity contribution < 1.29 is 4.79 Å². The average Bonchev–Trinajstić information content (AvgIpc) is 2.77. The number of halogens is 1. The largest absolute Gasteiger partial charge is 0.364 e. The number of aromatic nitrogens is 2. The molecule has 1 atom stereocenters. The number of carbonyl (C=O) groups excluding carboxylic acids is 1. The van der Waals surface area contributed by atoms with E-state index in [1.165, 1.54) is 4.68 Å². The number of benzene rings is 1. The van der Waals surface area contributed by atoms with Gasteiger partial charge in [0, 0.05) is 17.3 Å². The van der Waals surface area contributed by atoms with Crippen LogP contribution in [0.25, 0.3) is 5.69 Å². The molecule has 0 saturated carbocycles. The van der Waals surface area contributed by atoms with E-state index in [-0.39, 0.29) is 11.7 Å². The lowest BCUT2D eigenvalue weighted by Crippen LogP contribution is -2.12. The zero-order valence-corrected chi connectivity index (χ0v) is 10.6. The predicted molar refractivity (Wildman–Crippen MR) is 69.7 cm³/mol. The van der Waals surface area contributed by atoms with Crippen LogP contribution in [-0.2, 0) is 0 Å². The number of nitrogens with two attached hydrogens (primary N) is 2. The molecule has 1 aromatic carbocycles. The first-order chi connectivity index (χ1) is 8.49. The van der Waals surface area contributed by atoms with Crippen LogP contribution in [0.4, 0.5) is 0 Å². The lowest BCUT2D eigenvalue weighted by Gasteiger charge is -2.10. The van der Waals surface area contributed by atoms with E-state index in [0.29, 0.717) is 5.02 Å². The molecule has 0 radical (unpaired) electrons. The van der Waals surface area contributed by atoms with Crippen molar-refractivity contribution in [2.45, 2.75) is 13.0 Å². The van der Waals surface area contributed by atoms with Gasteiger partial charge in [0.15, 0.2) is 0 Å². The van der Waals surface area contributed by atoms with E-state index in [4.69, 9.17) is 23.1 Å². The summed E-state index contributed by atoms with van der Waals surface area (Å²) in [6.45, 7) is 1.86. The molecule has 2 rings (SSSR count). The van der Waals surface area contributed by atoms with Crippen LogP contribution in [-0.4, -0.2) is 15.7 Å². The molecule has 5 nitrogen and oxygen atoms in total. The fraction of sp³-hybridized carbons (Fsp3) is 0.167. The van der Waals surface area contributed by atoms with Crippen LogP contribution in [0, 0.1) is 0 Å². The van der Waals surface area contributed by atoms with Crippen LogP contribution >= 0.6 is 11.6 Å². The lowest BCUT2D eigenvalue weighted by atomic mass is 10.1. The number of hydrogen-bond acceptors (Lipinski definition) is 3. The van der Waals surface area contributed by atoms with Gasteiger partial charge in [-0.3, -0.25) is 4.79 Å². The third-order valence-corrected chi connectivity index (χ3v) is 2.91. The summed E-state index contributed by atoms with van der Waals surface area (Å²) < 4.78 is 1.54. The molecule has 4 N–H and O–H groups in total. The molecule has 1 heterocycles. The topological polar surface area (TPSA) is 86.9 Å². The van der Waals surface area contributed by atoms with Gasteiger partial charge in [-0.15, -0.1) is 0 Å². The summed E-state index contributed by atoms with van der Waals surface area (Å²) in [5.41, 5.74) is 12.7. The van der Waals surface area contributed by atoms with E-state index >= 15 is 0 Å². The van der Waals surface area contributed by atoms with Crippen molar-refractivity contribution in [3.63, 3.8) is 0 Å². The van der Waals surface area contributed by atoms with E-state index < -0.39 is 5.91 Å². The van der Waals surface area contributed by atoms with Crippen molar-refractivity contribution in [2.24, 2.45) is 11.5 Å². The fourth-order valence-corrected chi connectivity index (χ4v) is 1.97. The monoisotopic (exact) mass is 264 g/mol. The third kappa shape index (κ3) is 2.37. The minimum absolute atomic E-state index is 0.134. The maximum Gasteiger partial charge on any atom is 0.269 e. The summed E-state index contributed by atoms with van der Waals surface area (Å²) in [7, 11) is 0. The van der Waals surface area contributed by atoms with Gasteiger partial charge in [-0.05, 0) is 30.7 Å². The van der Waals surface area contributed by atoms with Gasteiger partial charge in [-0.2, -0.15) is 5.10 Å². The quantitative estimate of drug-likeness (QED) is 0.884. The van der Waals surface area contributed by atoms with E-state index in [1.54, 1.807) is 18.3 Å². The Labute approximate surface area is 109 Å². The van der Waals surface area contributed by atoms with E-state index in [0.717, 1.165) is 11.3 Å². The molecule has 0 spiro atoms. The fourth-order valence-electron chi connectivity index (χ4n) is 1.63. The molecule has 0 saturated heterocycles. The standard InChI is InChI=1S/C12H13ClN4O/c1-7(14)9-3-2-8(6-10(9)13)17-5-4-11(16-17)12(15)18/h2-7H,14H2,1H3,(H2,15,18). The van der Waals surface area contributed by atoms with Crippen molar-refractivity contribution in [3.05, 3.63) is 46.7 Å². The van der Waals surface area contributed by atoms with E-state index in [9.17, 15) is 4.79 Å². The SMILES string of the molecule is CC(N)c1ccc(-n2ccc(C(N)=O)n2)cc1Cl. The Bertz CT molecular complexity index is 592. The van der Waals surface area contributed by atoms with Crippen molar-refractivity contribution in [3.8, 4) is 5.69 Å². The van der Waals surface area contributed by atoms with Crippen LogP contribution in [0.5, 0.6) is 0 Å². The third-order valence-electron chi connectivity index (χ3n) is 2.58. The van der Waals surface area contributed by atoms with Crippen molar-refractivity contribution in [1.82, 2.24) is 9.78 Å². The molecule has 2 aromatic rings. The molecule has 0 fully saturated rings. The number of nitrogens with zero attached hydrogens (tertiary/aromatic N) is 2. The Morgan fingerprint density at radius 3 is 2.67 bits per heavy atom. The second-order valence-electron chi connectivity index (χ2n) is 4.00. The maximum atomic E-state index is 11.0. The lowest BCUT2D eigenvalue weighted by molar-refractivity contribution is 0.0995. The molecule has 6 heteroatoms. The van der Waals surface area contributed by atoms with Gasteiger partial charge in [0.2, 0.25) is 0 Å². The number of rotatable bonds is 3. The second-order valence-corrected chi connectivity index (χ2v) is 4.41. The highest BCUT2D eigenvalue weighted by Crippen LogP contribution is 2.24. The summed E-state index contributed by atoms with van der Waals surface area (Å²) in [6, 6.07) is 6.84. The molecule has 94 valence electrons. The minimum Gasteiger partial charge on any atom is -0.364 e. The molecule has 0 bridgehead atoms. The highest BCUT2D eigenvalue weighted by Gasteiger charge is 2.09. The summed E-state index contributed by atoms with van der Waals surface area (Å²) in [5, 5.41) is 4.62. The predicted octanol–water partition coefficient (Wildman–Crippen LogP) is 1.64. The molecule has 18 heavy (non-hydrogen) atoms. The Morgan fingerprint density at radius 2 is 2.17 bits per heavy atom. The van der Waals surface area contributed by atoms with Gasteiger partial charge >= 0.3 is 0 Å². The molecule has 1 unspecified atom stereocenters. The van der Waals surface area contributed by atoms with Crippen molar-refractivity contribution >= 4 is 17.5 Å². The summed E-state index contributed by atoms with van der Waals surface area (Å²) in [6.07, 6.45) is 1.65. The number of primary amides is 1. The molecule has 0 aliphatic carbocycles. The second kappa shape index (κ2) is 4.80. The van der Waals surface area contributed by atoms with Crippen LogP contribution in [0.3, 0.4) is 0 Å². The summed E-state index contributed by atoms with van der Waals surface area (Å²) in [4.78, 5) is 11.0. The van der Waals surface area contributed by atoms with Crippen LogP contribution in [0.2, 0.25) is 5.02 Å². The zero-order valence-electron chi connectivity index (χ0n) is 9.80. The molecular weight excluding hydrogens is 252 g/mol. The van der Waals surface area contributed by atoms with Crippen LogP contribution in [0.1, 0.15) is 29.0 Å². The first-order valence-corrected chi connectivity index (χ1v) is 5.77. The van der Waals surface area contributed by atoms with Crippen molar-refractivity contribution in [2.75, 3.05) is 0 Å². The normalized spacial score (nSPS) is 12.4. The van der Waals surface area contributed by atoms with E-state index in [1.807, 2.05) is 19.1 Å². The Hall–Kier alpha value is -1.85. The highest BCUT2D eigenvalue weighted by molar-refractivity contribution is 6.31. The van der Waals surface area contributed by atoms with E-state index in [2.05, 4.69) is 5.10 Å². The Kier molecular flexibility index (Phi) is 3.36. The summed E-state index contributed by atoms with van der Waals surface area (Å²) >= 11 is 6.13. The maximum absolute atomic E-state index is 11.0. The zero-order chi connectivity index (χ0) is 13.3. The first-order valence-electron chi connectivity index (χ1n) is 5.40. The Balaban J connectivity index is 2.39. The number of amides is 1. The smallest absolute Gasteiger partial charge is 0.269 e.